The van der Waals surface area contributed by atoms with Crippen molar-refractivity contribution in [3.8, 4) is 11.1 Å². The first kappa shape index (κ1) is 31.1. The zero-order valence-electron chi connectivity index (χ0n) is 23.3. The summed E-state index contributed by atoms with van der Waals surface area (Å²) in [5, 5.41) is 5.40. The van der Waals surface area contributed by atoms with Crippen LogP contribution in [0.5, 0.6) is 0 Å². The number of amides is 2. The van der Waals surface area contributed by atoms with Crippen LogP contribution in [0.4, 0.5) is 29.1 Å². The van der Waals surface area contributed by atoms with Crippen LogP contribution in [0.3, 0.4) is 0 Å². The topological polar surface area (TPSA) is 104 Å². The molecule has 2 aromatic carbocycles. The van der Waals surface area contributed by atoms with Crippen molar-refractivity contribution in [3.05, 3.63) is 71.4 Å². The molecule has 1 atom stereocenters. The lowest BCUT2D eigenvalue weighted by molar-refractivity contribution is -0.116. The third-order valence-corrected chi connectivity index (χ3v) is 8.61. The number of anilines is 2. The van der Waals surface area contributed by atoms with E-state index >= 15 is 0 Å². The minimum Gasteiger partial charge on any atom is -0.356 e. The molecule has 2 N–H and O–H groups in total. The van der Waals surface area contributed by atoms with Gasteiger partial charge in [0.25, 0.3) is 11.8 Å². The van der Waals surface area contributed by atoms with Gasteiger partial charge in [0.2, 0.25) is 5.92 Å². The molecule has 0 radical (unpaired) electrons. The largest absolute Gasteiger partial charge is 0.356 e. The normalized spacial score (nSPS) is 16.3. The van der Waals surface area contributed by atoms with E-state index in [-0.39, 0.29) is 60.0 Å². The molecule has 1 aliphatic rings. The molecule has 224 valence electrons. The van der Waals surface area contributed by atoms with Crippen molar-refractivity contribution < 1.29 is 31.4 Å². The monoisotopic (exact) mass is 605 g/mol. The summed E-state index contributed by atoms with van der Waals surface area (Å²) in [5.74, 6) is -6.00. The van der Waals surface area contributed by atoms with Gasteiger partial charge in [-0.15, -0.1) is 0 Å². The Morgan fingerprint density at radius 2 is 1.86 bits per heavy atom. The lowest BCUT2D eigenvalue weighted by atomic mass is 9.97. The highest BCUT2D eigenvalue weighted by Crippen LogP contribution is 2.35. The molecule has 0 aliphatic carbocycles. The molecule has 0 bridgehead atoms. The Morgan fingerprint density at radius 1 is 1.10 bits per heavy atom. The van der Waals surface area contributed by atoms with Crippen LogP contribution in [0.15, 0.2) is 57.9 Å². The Hall–Kier alpha value is -3.84. The Balaban J connectivity index is 1.76. The Bertz CT molecular complexity index is 1640. The van der Waals surface area contributed by atoms with E-state index in [0.29, 0.717) is 11.1 Å². The highest BCUT2D eigenvalue weighted by molar-refractivity contribution is 7.93. The fraction of sp³-hybridized carbons (Fsp3) is 0.345. The lowest BCUT2D eigenvalue weighted by Crippen LogP contribution is -2.30. The van der Waals surface area contributed by atoms with Crippen LogP contribution in [0.25, 0.3) is 11.1 Å². The molecule has 13 heteroatoms. The van der Waals surface area contributed by atoms with Gasteiger partial charge in [-0.1, -0.05) is 12.1 Å². The number of nitrogens with zero attached hydrogens (tertiary/aromatic N) is 3. The van der Waals surface area contributed by atoms with Crippen molar-refractivity contribution in [3.63, 3.8) is 0 Å². The number of halogens is 4. The van der Waals surface area contributed by atoms with Crippen molar-refractivity contribution in [2.45, 2.75) is 37.0 Å². The fourth-order valence-electron chi connectivity index (χ4n) is 4.76. The molecular weight excluding hydrogens is 574 g/mol. The number of rotatable bonds is 7. The van der Waals surface area contributed by atoms with E-state index in [1.807, 2.05) is 0 Å². The summed E-state index contributed by atoms with van der Waals surface area (Å²) >= 11 is 0. The predicted octanol–water partition coefficient (Wildman–Crippen LogP) is 5.42. The number of hydrogen-bond acceptors (Lipinski definition) is 6. The maximum absolute atomic E-state index is 14.1. The zero-order valence-corrected chi connectivity index (χ0v) is 24.2. The molecule has 1 aromatic heterocycles. The summed E-state index contributed by atoms with van der Waals surface area (Å²) in [6, 6.07) is 9.38. The summed E-state index contributed by atoms with van der Waals surface area (Å²) in [5.41, 5.74) is 1.33. The van der Waals surface area contributed by atoms with Gasteiger partial charge >= 0.3 is 0 Å². The van der Waals surface area contributed by atoms with Crippen LogP contribution in [0.1, 0.15) is 35.2 Å². The lowest BCUT2D eigenvalue weighted by Gasteiger charge is -2.26. The maximum atomic E-state index is 14.1. The number of pyridine rings is 1. The van der Waals surface area contributed by atoms with Gasteiger partial charge in [-0.3, -0.25) is 9.59 Å². The molecule has 1 aliphatic heterocycles. The van der Waals surface area contributed by atoms with Crippen molar-refractivity contribution in [1.29, 1.82) is 0 Å². The van der Waals surface area contributed by atoms with E-state index in [4.69, 9.17) is 0 Å². The van der Waals surface area contributed by atoms with Gasteiger partial charge in [0.05, 0.1) is 21.8 Å². The molecule has 1 saturated heterocycles. The fourth-order valence-corrected chi connectivity index (χ4v) is 6.00. The maximum Gasteiger partial charge on any atom is 0.267 e. The van der Waals surface area contributed by atoms with Crippen molar-refractivity contribution in [2.24, 2.45) is 4.36 Å². The van der Waals surface area contributed by atoms with Crippen LogP contribution in [0, 0.1) is 18.6 Å². The second-order valence-corrected chi connectivity index (χ2v) is 12.4. The molecule has 0 saturated carbocycles. The smallest absolute Gasteiger partial charge is 0.267 e. The highest BCUT2D eigenvalue weighted by atomic mass is 32.2. The molecule has 1 fully saturated rings. The van der Waals surface area contributed by atoms with Crippen LogP contribution < -0.4 is 15.5 Å². The van der Waals surface area contributed by atoms with E-state index in [2.05, 4.69) is 20.0 Å². The predicted molar refractivity (Wildman–Crippen MR) is 153 cm³/mol. The molecule has 8 nitrogen and oxygen atoms in total. The summed E-state index contributed by atoms with van der Waals surface area (Å²) in [6.07, 6.45) is 2.20. The second kappa shape index (κ2) is 12.6. The number of benzene rings is 2. The van der Waals surface area contributed by atoms with Crippen molar-refractivity contribution in [2.75, 3.05) is 43.2 Å². The minimum absolute atomic E-state index is 0.0419. The average molecular weight is 606 g/mol. The van der Waals surface area contributed by atoms with Gasteiger partial charge in [-0.25, -0.2) is 26.8 Å². The first-order valence-electron chi connectivity index (χ1n) is 13.2. The standard InChI is InChI=1S/C29H31F4N5O3S/c1-18-22(19-8-9-23(30)24(31)14-19)16-35-27(38-12-5-10-29(32,33)11-13-38)26(18)28(40)36-20-6-4-7-21(15-20)42(3,41)37-25(39)17-34-2/h4,6-9,14-16,34H,5,10-13,17H2,1-3H3,(H,36,40)/t42-/m1/s1. The summed E-state index contributed by atoms with van der Waals surface area (Å²) < 4.78 is 73.0. The van der Waals surface area contributed by atoms with Crippen molar-refractivity contribution >= 4 is 33.0 Å². The molecule has 0 spiro atoms. The number of carbonyl (C=O) groups excluding carboxylic acids is 2. The van der Waals surface area contributed by atoms with Gasteiger partial charge in [0, 0.05) is 54.5 Å². The zero-order chi connectivity index (χ0) is 30.7. The van der Waals surface area contributed by atoms with Gasteiger partial charge in [-0.2, -0.15) is 4.36 Å². The van der Waals surface area contributed by atoms with E-state index in [1.54, 1.807) is 31.0 Å². The number of hydrogen-bond donors (Lipinski definition) is 2. The molecule has 0 unspecified atom stereocenters. The molecular formula is C29H31F4N5O3S. The first-order chi connectivity index (χ1) is 19.8. The van der Waals surface area contributed by atoms with Crippen LogP contribution in [0.2, 0.25) is 0 Å². The third kappa shape index (κ3) is 7.13. The summed E-state index contributed by atoms with van der Waals surface area (Å²) in [7, 11) is -1.57. The Morgan fingerprint density at radius 3 is 2.57 bits per heavy atom. The first-order valence-corrected chi connectivity index (χ1v) is 15.1. The summed E-state index contributed by atoms with van der Waals surface area (Å²) in [6.45, 7) is 1.72. The molecule has 2 heterocycles. The van der Waals surface area contributed by atoms with Gasteiger partial charge in [0.15, 0.2) is 11.6 Å². The molecule has 2 amide bonds. The van der Waals surface area contributed by atoms with Crippen LogP contribution in [-0.4, -0.2) is 59.9 Å². The van der Waals surface area contributed by atoms with E-state index < -0.39 is 45.5 Å². The number of aromatic nitrogens is 1. The highest BCUT2D eigenvalue weighted by Gasteiger charge is 2.33. The number of carbonyl (C=O) groups is 2. The van der Waals surface area contributed by atoms with Crippen LogP contribution >= 0.6 is 0 Å². The van der Waals surface area contributed by atoms with E-state index in [0.717, 1.165) is 12.1 Å². The second-order valence-electron chi connectivity index (χ2n) is 10.1. The van der Waals surface area contributed by atoms with Gasteiger partial charge in [-0.05, 0) is 61.9 Å². The van der Waals surface area contributed by atoms with Gasteiger partial charge < -0.3 is 15.5 Å². The number of nitrogens with one attached hydrogen (secondary N) is 2. The SMILES string of the molecule is CNCC(=O)N=[S@](C)(=O)c1cccc(NC(=O)c2c(N3CCCC(F)(F)CC3)ncc(-c3ccc(F)c(F)c3)c2C)c1. The molecule has 42 heavy (non-hydrogen) atoms. The minimum atomic E-state index is -3.13. The van der Waals surface area contributed by atoms with E-state index in [9.17, 15) is 31.4 Å². The number of alkyl halides is 2. The molecule has 3 aromatic rings. The average Bonchev–Trinajstić information content (AvgIpc) is 3.10. The Kier molecular flexibility index (Phi) is 9.31. The van der Waals surface area contributed by atoms with E-state index in [1.165, 1.54) is 30.7 Å². The Labute approximate surface area is 241 Å². The van der Waals surface area contributed by atoms with Crippen LogP contribution in [-0.2, 0) is 14.5 Å². The summed E-state index contributed by atoms with van der Waals surface area (Å²) in [4.78, 5) is 32.1. The molecule has 4 rings (SSSR count). The quantitative estimate of drug-likeness (QED) is 0.349. The third-order valence-electron chi connectivity index (χ3n) is 6.93. The number of likely N-dealkylation sites (N-methyl/N-ethyl adjacent to an activating group) is 1. The van der Waals surface area contributed by atoms with Gasteiger partial charge in [0.1, 0.15) is 5.82 Å². The van der Waals surface area contributed by atoms with Crippen molar-refractivity contribution in [1.82, 2.24) is 10.3 Å².